The van der Waals surface area contributed by atoms with E-state index in [0.29, 0.717) is 17.1 Å². The lowest BCUT2D eigenvalue weighted by Gasteiger charge is -2.11. The standard InChI is InChI=1S/C12H16O6S/c1-8(12(13)14)19(15,16)7-9-4-5-10(17-2)11(6-9)18-3/h4-6,8H,7H2,1-3H3,(H,13,14). The van der Waals surface area contributed by atoms with Crippen LogP contribution in [-0.2, 0) is 20.4 Å². The van der Waals surface area contributed by atoms with Crippen LogP contribution < -0.4 is 9.47 Å². The molecule has 1 aromatic rings. The van der Waals surface area contributed by atoms with Gasteiger partial charge in [-0.25, -0.2) is 8.42 Å². The van der Waals surface area contributed by atoms with Crippen molar-refractivity contribution in [2.75, 3.05) is 14.2 Å². The van der Waals surface area contributed by atoms with Crippen LogP contribution >= 0.6 is 0 Å². The molecular formula is C12H16O6S. The number of hydrogen-bond donors (Lipinski definition) is 1. The molecule has 0 aliphatic carbocycles. The second kappa shape index (κ2) is 5.92. The molecule has 0 fully saturated rings. The molecule has 0 saturated heterocycles. The molecule has 1 unspecified atom stereocenters. The fraction of sp³-hybridized carbons (Fsp3) is 0.417. The molecule has 1 rings (SSSR count). The number of sulfone groups is 1. The quantitative estimate of drug-likeness (QED) is 0.842. The van der Waals surface area contributed by atoms with Gasteiger partial charge in [0, 0.05) is 0 Å². The van der Waals surface area contributed by atoms with Gasteiger partial charge in [0.15, 0.2) is 26.6 Å². The van der Waals surface area contributed by atoms with E-state index in [2.05, 4.69) is 0 Å². The van der Waals surface area contributed by atoms with E-state index < -0.39 is 21.1 Å². The SMILES string of the molecule is COc1ccc(CS(=O)(=O)C(C)C(=O)O)cc1OC. The average Bonchev–Trinajstić information content (AvgIpc) is 2.36. The van der Waals surface area contributed by atoms with Gasteiger partial charge in [-0.15, -0.1) is 0 Å². The second-order valence-electron chi connectivity index (χ2n) is 3.98. The van der Waals surface area contributed by atoms with Gasteiger partial charge in [-0.1, -0.05) is 6.07 Å². The summed E-state index contributed by atoms with van der Waals surface area (Å²) in [4.78, 5) is 10.7. The molecule has 1 aromatic carbocycles. The molecule has 0 saturated carbocycles. The van der Waals surface area contributed by atoms with Gasteiger partial charge >= 0.3 is 5.97 Å². The van der Waals surface area contributed by atoms with Crippen LogP contribution in [0.5, 0.6) is 11.5 Å². The first-order valence-corrected chi connectivity index (χ1v) is 7.18. The Bertz CT molecular complexity index is 564. The number of carboxylic acids is 1. The van der Waals surface area contributed by atoms with Gasteiger partial charge in [-0.05, 0) is 24.6 Å². The largest absolute Gasteiger partial charge is 0.493 e. The van der Waals surface area contributed by atoms with Crippen molar-refractivity contribution in [3.63, 3.8) is 0 Å². The van der Waals surface area contributed by atoms with Gasteiger partial charge in [0.1, 0.15) is 0 Å². The van der Waals surface area contributed by atoms with Crippen LogP contribution in [0, 0.1) is 0 Å². The molecule has 1 N–H and O–H groups in total. The summed E-state index contributed by atoms with van der Waals surface area (Å²) in [6.07, 6.45) is 0. The zero-order chi connectivity index (χ0) is 14.6. The van der Waals surface area contributed by atoms with Gasteiger partial charge < -0.3 is 14.6 Å². The first kappa shape index (κ1) is 15.3. The summed E-state index contributed by atoms with van der Waals surface area (Å²) in [7, 11) is -0.840. The van der Waals surface area contributed by atoms with Gasteiger partial charge in [-0.2, -0.15) is 0 Å². The van der Waals surface area contributed by atoms with Crippen LogP contribution in [0.1, 0.15) is 12.5 Å². The third-order valence-electron chi connectivity index (χ3n) is 2.70. The third kappa shape index (κ3) is 3.60. The summed E-state index contributed by atoms with van der Waals surface area (Å²) in [5.41, 5.74) is 0.450. The molecule has 19 heavy (non-hydrogen) atoms. The van der Waals surface area contributed by atoms with E-state index in [1.54, 1.807) is 12.1 Å². The average molecular weight is 288 g/mol. The number of hydrogen-bond acceptors (Lipinski definition) is 5. The molecule has 0 aromatic heterocycles. The maximum absolute atomic E-state index is 11.8. The number of benzene rings is 1. The third-order valence-corrected chi connectivity index (χ3v) is 4.72. The summed E-state index contributed by atoms with van der Waals surface area (Å²) in [6.45, 7) is 1.15. The van der Waals surface area contributed by atoms with Crippen molar-refractivity contribution in [1.82, 2.24) is 0 Å². The Balaban J connectivity index is 3.04. The van der Waals surface area contributed by atoms with Crippen LogP contribution in [0.25, 0.3) is 0 Å². The van der Waals surface area contributed by atoms with Crippen molar-refractivity contribution in [2.24, 2.45) is 0 Å². The van der Waals surface area contributed by atoms with Crippen LogP contribution in [0.15, 0.2) is 18.2 Å². The highest BCUT2D eigenvalue weighted by atomic mass is 32.2. The summed E-state index contributed by atoms with van der Waals surface area (Å²) >= 11 is 0. The maximum Gasteiger partial charge on any atom is 0.321 e. The molecule has 0 bridgehead atoms. The molecule has 106 valence electrons. The van der Waals surface area contributed by atoms with E-state index in [1.165, 1.54) is 20.3 Å². The van der Waals surface area contributed by atoms with Crippen LogP contribution in [-0.4, -0.2) is 39.0 Å². The molecule has 0 heterocycles. The number of aliphatic carboxylic acids is 1. The van der Waals surface area contributed by atoms with Crippen molar-refractivity contribution < 1.29 is 27.8 Å². The molecule has 0 aliphatic rings. The minimum atomic E-state index is -3.75. The van der Waals surface area contributed by atoms with E-state index in [9.17, 15) is 13.2 Å². The van der Waals surface area contributed by atoms with Crippen LogP contribution in [0.3, 0.4) is 0 Å². The van der Waals surface area contributed by atoms with Crippen molar-refractivity contribution in [1.29, 1.82) is 0 Å². The van der Waals surface area contributed by atoms with Crippen molar-refractivity contribution in [3.8, 4) is 11.5 Å². The highest BCUT2D eigenvalue weighted by molar-refractivity contribution is 7.91. The van der Waals surface area contributed by atoms with E-state index >= 15 is 0 Å². The summed E-state index contributed by atoms with van der Waals surface area (Å²) in [5.74, 6) is -0.838. The first-order chi connectivity index (χ1) is 8.81. The predicted molar refractivity (Wildman–Crippen MR) is 69.3 cm³/mol. The molecule has 0 radical (unpaired) electrons. The number of carbonyl (C=O) groups is 1. The Morgan fingerprint density at radius 1 is 1.26 bits per heavy atom. The highest BCUT2D eigenvalue weighted by Crippen LogP contribution is 2.28. The lowest BCUT2D eigenvalue weighted by Crippen LogP contribution is -2.28. The summed E-state index contributed by atoms with van der Waals surface area (Å²) in [6, 6.07) is 4.66. The number of rotatable bonds is 6. The molecule has 6 nitrogen and oxygen atoms in total. The molecule has 1 atom stereocenters. The number of carboxylic acid groups (broad SMARTS) is 1. The van der Waals surface area contributed by atoms with Gasteiger partial charge in [0.25, 0.3) is 0 Å². The smallest absolute Gasteiger partial charge is 0.321 e. The predicted octanol–water partition coefficient (Wildman–Crippen LogP) is 1.09. The molecule has 0 amide bonds. The zero-order valence-electron chi connectivity index (χ0n) is 10.9. The van der Waals surface area contributed by atoms with Crippen molar-refractivity contribution in [2.45, 2.75) is 17.9 Å². The van der Waals surface area contributed by atoms with Crippen LogP contribution in [0.4, 0.5) is 0 Å². The van der Waals surface area contributed by atoms with Crippen LogP contribution in [0.2, 0.25) is 0 Å². The summed E-state index contributed by atoms with van der Waals surface area (Å²) in [5, 5.41) is 7.31. The van der Waals surface area contributed by atoms with E-state index in [-0.39, 0.29) is 5.75 Å². The molecule has 0 aliphatic heterocycles. The Labute approximate surface area is 111 Å². The number of ether oxygens (including phenoxy) is 2. The Morgan fingerprint density at radius 2 is 1.84 bits per heavy atom. The lowest BCUT2D eigenvalue weighted by molar-refractivity contribution is -0.136. The van der Waals surface area contributed by atoms with E-state index in [4.69, 9.17) is 14.6 Å². The fourth-order valence-electron chi connectivity index (χ4n) is 1.48. The fourth-order valence-corrected chi connectivity index (χ4v) is 2.68. The Kier molecular flexibility index (Phi) is 4.77. The van der Waals surface area contributed by atoms with E-state index in [0.717, 1.165) is 6.92 Å². The van der Waals surface area contributed by atoms with E-state index in [1.807, 2.05) is 0 Å². The van der Waals surface area contributed by atoms with Gasteiger partial charge in [0.2, 0.25) is 0 Å². The molecule has 7 heteroatoms. The molecule has 0 spiro atoms. The topological polar surface area (TPSA) is 89.9 Å². The monoisotopic (exact) mass is 288 g/mol. The first-order valence-electron chi connectivity index (χ1n) is 5.47. The minimum Gasteiger partial charge on any atom is -0.493 e. The minimum absolute atomic E-state index is 0.360. The Hall–Kier alpha value is -1.76. The normalized spacial score (nSPS) is 12.8. The zero-order valence-corrected chi connectivity index (χ0v) is 11.7. The highest BCUT2D eigenvalue weighted by Gasteiger charge is 2.28. The Morgan fingerprint density at radius 3 is 2.32 bits per heavy atom. The van der Waals surface area contributed by atoms with Crippen molar-refractivity contribution in [3.05, 3.63) is 23.8 Å². The summed E-state index contributed by atoms with van der Waals surface area (Å²) < 4.78 is 33.8. The number of methoxy groups -OCH3 is 2. The van der Waals surface area contributed by atoms with Crippen molar-refractivity contribution >= 4 is 15.8 Å². The molecular weight excluding hydrogens is 272 g/mol. The van der Waals surface area contributed by atoms with Gasteiger partial charge in [0.05, 0.1) is 20.0 Å². The maximum atomic E-state index is 11.8. The van der Waals surface area contributed by atoms with Gasteiger partial charge in [-0.3, -0.25) is 4.79 Å². The lowest BCUT2D eigenvalue weighted by atomic mass is 10.2. The second-order valence-corrected chi connectivity index (χ2v) is 6.30.